The van der Waals surface area contributed by atoms with Gasteiger partial charge in [-0.2, -0.15) is 0 Å². The van der Waals surface area contributed by atoms with Crippen molar-refractivity contribution in [1.82, 2.24) is 0 Å². The van der Waals surface area contributed by atoms with Crippen LogP contribution in [0.3, 0.4) is 0 Å². The van der Waals surface area contributed by atoms with Crippen molar-refractivity contribution < 1.29 is 48.2 Å². The van der Waals surface area contributed by atoms with Crippen molar-refractivity contribution in [2.24, 2.45) is 0 Å². The molecule has 10 nitrogen and oxygen atoms in total. The number of carbonyl (C=O) groups is 2. The summed E-state index contributed by atoms with van der Waals surface area (Å²) in [6.45, 7) is 3.54. The lowest BCUT2D eigenvalue weighted by Crippen LogP contribution is -2.79. The molecule has 3 fully saturated rings. The van der Waals surface area contributed by atoms with Gasteiger partial charge in [-0.3, -0.25) is 0 Å². The molecule has 0 aromatic heterocycles. The molecule has 1 spiro atoms. The molecule has 6 atom stereocenters. The SMILES string of the molecule is COC1(C)O[C@@]2(C(=O)OCc3ccccc3)[C@@H](CO)OC(=O)[C@]23OC(C)(C)O[C@@H]3[C@H]1O. The summed E-state index contributed by atoms with van der Waals surface area (Å²) in [4.78, 5) is 26.7. The molecule has 0 aliphatic carbocycles. The Labute approximate surface area is 178 Å². The van der Waals surface area contributed by atoms with Crippen molar-refractivity contribution in [3.8, 4) is 0 Å². The smallest absolute Gasteiger partial charge is 0.346 e. The largest absolute Gasteiger partial charge is 0.458 e. The Morgan fingerprint density at radius 1 is 1.16 bits per heavy atom. The number of hydrogen-bond donors (Lipinski definition) is 2. The van der Waals surface area contributed by atoms with Gasteiger partial charge in [0.2, 0.25) is 11.2 Å². The number of cyclic esters (lactones) is 1. The van der Waals surface area contributed by atoms with Crippen LogP contribution in [0, 0.1) is 0 Å². The fourth-order valence-electron chi connectivity index (χ4n) is 4.56. The maximum absolute atomic E-state index is 13.6. The highest BCUT2D eigenvalue weighted by atomic mass is 16.8. The van der Waals surface area contributed by atoms with E-state index in [0.717, 1.165) is 0 Å². The molecule has 0 radical (unpaired) electrons. The van der Waals surface area contributed by atoms with Crippen molar-refractivity contribution in [3.63, 3.8) is 0 Å². The van der Waals surface area contributed by atoms with Gasteiger partial charge < -0.3 is 38.6 Å². The first-order valence-electron chi connectivity index (χ1n) is 9.91. The second-order valence-corrected chi connectivity index (χ2v) is 8.42. The van der Waals surface area contributed by atoms with Crippen LogP contribution in [0.4, 0.5) is 0 Å². The Balaban J connectivity index is 1.83. The van der Waals surface area contributed by atoms with Crippen LogP contribution >= 0.6 is 0 Å². The predicted molar refractivity (Wildman–Crippen MR) is 101 cm³/mol. The quantitative estimate of drug-likeness (QED) is 0.607. The number of aliphatic hydroxyl groups excluding tert-OH is 2. The molecule has 3 saturated heterocycles. The van der Waals surface area contributed by atoms with Crippen LogP contribution in [0.1, 0.15) is 26.3 Å². The van der Waals surface area contributed by atoms with Crippen molar-refractivity contribution in [1.29, 1.82) is 0 Å². The molecule has 170 valence electrons. The van der Waals surface area contributed by atoms with E-state index >= 15 is 0 Å². The van der Waals surface area contributed by atoms with Crippen molar-refractivity contribution in [2.45, 2.75) is 68.5 Å². The minimum Gasteiger partial charge on any atom is -0.458 e. The van der Waals surface area contributed by atoms with E-state index in [1.54, 1.807) is 24.3 Å². The molecule has 10 heteroatoms. The summed E-state index contributed by atoms with van der Waals surface area (Å²) in [5.74, 6) is -5.20. The summed E-state index contributed by atoms with van der Waals surface area (Å²) in [5, 5.41) is 21.0. The summed E-state index contributed by atoms with van der Waals surface area (Å²) in [6.07, 6.45) is -4.40. The highest BCUT2D eigenvalue weighted by molar-refractivity contribution is 5.98. The average Bonchev–Trinajstić information content (AvgIpc) is 3.18. The average molecular weight is 438 g/mol. The molecule has 1 aromatic rings. The minimum atomic E-state index is -2.30. The first kappa shape index (κ1) is 22.1. The summed E-state index contributed by atoms with van der Waals surface area (Å²) in [6, 6.07) is 8.89. The van der Waals surface area contributed by atoms with E-state index in [2.05, 4.69) is 0 Å². The van der Waals surface area contributed by atoms with E-state index in [0.29, 0.717) is 5.56 Å². The lowest BCUT2D eigenvalue weighted by Gasteiger charge is -2.52. The number of carbonyl (C=O) groups excluding carboxylic acids is 2. The van der Waals surface area contributed by atoms with E-state index in [4.69, 9.17) is 28.4 Å². The van der Waals surface area contributed by atoms with Gasteiger partial charge in [0.25, 0.3) is 0 Å². The molecule has 0 bridgehead atoms. The third-order valence-electron chi connectivity index (χ3n) is 6.05. The van der Waals surface area contributed by atoms with Gasteiger partial charge in [0.1, 0.15) is 18.8 Å². The lowest BCUT2D eigenvalue weighted by molar-refractivity contribution is -0.372. The van der Waals surface area contributed by atoms with Gasteiger partial charge >= 0.3 is 11.9 Å². The van der Waals surface area contributed by atoms with E-state index < -0.39 is 59.6 Å². The molecule has 0 saturated carbocycles. The van der Waals surface area contributed by atoms with E-state index in [9.17, 15) is 19.8 Å². The highest BCUT2D eigenvalue weighted by Gasteiger charge is 2.87. The molecule has 31 heavy (non-hydrogen) atoms. The molecule has 2 N–H and O–H groups in total. The van der Waals surface area contributed by atoms with Crippen LogP contribution < -0.4 is 0 Å². The fourth-order valence-corrected chi connectivity index (χ4v) is 4.56. The third-order valence-corrected chi connectivity index (χ3v) is 6.05. The van der Waals surface area contributed by atoms with Crippen molar-refractivity contribution in [2.75, 3.05) is 13.7 Å². The van der Waals surface area contributed by atoms with Gasteiger partial charge in [-0.1, -0.05) is 30.3 Å². The topological polar surface area (TPSA) is 130 Å². The van der Waals surface area contributed by atoms with Gasteiger partial charge in [0.05, 0.1) is 6.61 Å². The fraction of sp³-hybridized carbons (Fsp3) is 0.619. The first-order chi connectivity index (χ1) is 14.6. The monoisotopic (exact) mass is 438 g/mol. The lowest BCUT2D eigenvalue weighted by atomic mass is 9.71. The summed E-state index contributed by atoms with van der Waals surface area (Å²) in [5.41, 5.74) is -3.82. The van der Waals surface area contributed by atoms with Gasteiger partial charge in [-0.05, 0) is 26.3 Å². The number of rotatable bonds is 5. The molecule has 3 heterocycles. The predicted octanol–water partition coefficient (Wildman–Crippen LogP) is 0.0303. The van der Waals surface area contributed by atoms with Crippen molar-refractivity contribution >= 4 is 11.9 Å². The van der Waals surface area contributed by atoms with Gasteiger partial charge in [-0.15, -0.1) is 0 Å². The molecule has 1 unspecified atom stereocenters. The first-order valence-corrected chi connectivity index (χ1v) is 9.91. The second-order valence-electron chi connectivity index (χ2n) is 8.42. The number of benzene rings is 1. The zero-order valence-corrected chi connectivity index (χ0v) is 17.7. The second kappa shape index (κ2) is 7.22. The Morgan fingerprint density at radius 2 is 1.84 bits per heavy atom. The zero-order valence-electron chi connectivity index (χ0n) is 17.7. The molecular formula is C21H26O10. The molecule has 4 rings (SSSR count). The van der Waals surface area contributed by atoms with E-state index in [1.807, 2.05) is 6.07 Å². The van der Waals surface area contributed by atoms with Crippen LogP contribution in [0.15, 0.2) is 30.3 Å². The van der Waals surface area contributed by atoms with E-state index in [-0.39, 0.29) is 6.61 Å². The third kappa shape index (κ3) is 2.94. The highest BCUT2D eigenvalue weighted by Crippen LogP contribution is 2.58. The summed E-state index contributed by atoms with van der Waals surface area (Å²) in [7, 11) is 1.27. The molecular weight excluding hydrogens is 412 g/mol. The minimum absolute atomic E-state index is 0.131. The van der Waals surface area contributed by atoms with Crippen LogP contribution in [-0.4, -0.2) is 77.0 Å². The molecule has 3 aliphatic heterocycles. The number of aliphatic hydroxyl groups is 2. The van der Waals surface area contributed by atoms with E-state index in [1.165, 1.54) is 27.9 Å². The summed E-state index contributed by atoms with van der Waals surface area (Å²) < 4.78 is 34.0. The number of methoxy groups -OCH3 is 1. The van der Waals surface area contributed by atoms with Gasteiger partial charge in [0, 0.05) is 7.11 Å². The van der Waals surface area contributed by atoms with Crippen LogP contribution in [0.2, 0.25) is 0 Å². The Bertz CT molecular complexity index is 872. The maximum atomic E-state index is 13.6. The Hall–Kier alpha value is -2.08. The maximum Gasteiger partial charge on any atom is 0.346 e. The normalized spacial score (nSPS) is 40.7. The molecule has 1 aromatic carbocycles. The Morgan fingerprint density at radius 3 is 2.45 bits per heavy atom. The van der Waals surface area contributed by atoms with Crippen LogP contribution in [0.25, 0.3) is 0 Å². The number of hydrogen-bond acceptors (Lipinski definition) is 10. The Kier molecular flexibility index (Phi) is 5.16. The van der Waals surface area contributed by atoms with Crippen LogP contribution in [0.5, 0.6) is 0 Å². The van der Waals surface area contributed by atoms with Gasteiger partial charge in [0.15, 0.2) is 17.7 Å². The molecule has 0 amide bonds. The molecule has 3 aliphatic rings. The number of ether oxygens (including phenoxy) is 6. The van der Waals surface area contributed by atoms with Gasteiger partial charge in [-0.25, -0.2) is 9.59 Å². The van der Waals surface area contributed by atoms with Crippen LogP contribution in [-0.2, 0) is 44.6 Å². The van der Waals surface area contributed by atoms with Crippen molar-refractivity contribution in [3.05, 3.63) is 35.9 Å². The number of esters is 2. The standard InChI is InChI=1S/C21H26O10/c1-18(2)29-15-14(23)19(3,26-4)31-20(13(10-22)28-17(25)21(15,20)30-18)16(24)27-11-12-8-6-5-7-9-12/h5-9,13-15,22-23H,10-11H2,1-4H3/t13-,14-,15-,19?,20-,21+/m1/s1. The summed E-state index contributed by atoms with van der Waals surface area (Å²) >= 11 is 0. The zero-order chi connectivity index (χ0) is 22.7.